The molecule has 0 unspecified atom stereocenters. The normalized spacial score (nSPS) is 15.3. The summed E-state index contributed by atoms with van der Waals surface area (Å²) in [5, 5.41) is 5.44. The topological polar surface area (TPSA) is 86.8 Å². The summed E-state index contributed by atoms with van der Waals surface area (Å²) in [6.45, 7) is 3.52. The molecule has 1 aromatic heterocycles. The monoisotopic (exact) mass is 411 g/mol. The highest BCUT2D eigenvalue weighted by atomic mass is 16.5. The van der Waals surface area contributed by atoms with Crippen molar-refractivity contribution in [2.75, 3.05) is 51.8 Å². The van der Waals surface area contributed by atoms with E-state index in [-0.39, 0.29) is 12.6 Å². The Labute approximate surface area is 177 Å². The number of benzene rings is 1. The SMILES string of the molecule is CN(C)c1ccc([C@@H](CNC(=O)C(=O)NCc2ccncc2)N2CCOCC2)cc1. The average Bonchev–Trinajstić information content (AvgIpc) is 2.79. The standard InChI is InChI=1S/C22H29N5O3/c1-26(2)19-5-3-18(4-6-19)20(27-11-13-30-14-12-27)16-25-22(29)21(28)24-15-17-7-9-23-10-8-17/h3-10,20H,11-16H2,1-2H3,(H,24,28)(H,25,29)/t20-/m1/s1. The number of nitrogens with zero attached hydrogens (tertiary/aromatic N) is 3. The van der Waals surface area contributed by atoms with E-state index in [0.29, 0.717) is 19.8 Å². The van der Waals surface area contributed by atoms with Gasteiger partial charge in [-0.25, -0.2) is 0 Å². The molecular weight excluding hydrogens is 382 g/mol. The summed E-state index contributed by atoms with van der Waals surface area (Å²) in [4.78, 5) is 32.8. The van der Waals surface area contributed by atoms with Gasteiger partial charge in [-0.05, 0) is 35.4 Å². The second-order valence-electron chi connectivity index (χ2n) is 7.40. The lowest BCUT2D eigenvalue weighted by Crippen LogP contribution is -2.46. The Balaban J connectivity index is 1.61. The number of anilines is 1. The zero-order chi connectivity index (χ0) is 21.3. The molecule has 0 aliphatic carbocycles. The average molecular weight is 412 g/mol. The number of rotatable bonds is 7. The van der Waals surface area contributed by atoms with Crippen molar-refractivity contribution in [3.63, 3.8) is 0 Å². The van der Waals surface area contributed by atoms with Gasteiger partial charge in [-0.15, -0.1) is 0 Å². The molecule has 1 aromatic carbocycles. The van der Waals surface area contributed by atoms with Crippen LogP contribution in [0.15, 0.2) is 48.8 Å². The molecule has 160 valence electrons. The highest BCUT2D eigenvalue weighted by molar-refractivity contribution is 6.35. The first-order chi connectivity index (χ1) is 14.5. The number of hydrogen-bond donors (Lipinski definition) is 2. The molecule has 1 aliphatic rings. The fourth-order valence-corrected chi connectivity index (χ4v) is 3.37. The Hall–Kier alpha value is -2.97. The van der Waals surface area contributed by atoms with Crippen molar-refractivity contribution in [1.29, 1.82) is 0 Å². The van der Waals surface area contributed by atoms with Crippen molar-refractivity contribution in [3.8, 4) is 0 Å². The van der Waals surface area contributed by atoms with Crippen molar-refractivity contribution < 1.29 is 14.3 Å². The predicted octanol–water partition coefficient (Wildman–Crippen LogP) is 0.954. The van der Waals surface area contributed by atoms with E-state index in [0.717, 1.165) is 29.9 Å². The molecule has 30 heavy (non-hydrogen) atoms. The molecule has 1 atom stereocenters. The summed E-state index contributed by atoms with van der Waals surface area (Å²) < 4.78 is 5.47. The zero-order valence-corrected chi connectivity index (χ0v) is 17.5. The number of amides is 2. The lowest BCUT2D eigenvalue weighted by Gasteiger charge is -2.35. The molecule has 1 aliphatic heterocycles. The zero-order valence-electron chi connectivity index (χ0n) is 17.5. The number of ether oxygens (including phenoxy) is 1. The highest BCUT2D eigenvalue weighted by Gasteiger charge is 2.24. The Morgan fingerprint density at radius 1 is 1.03 bits per heavy atom. The molecule has 3 rings (SSSR count). The van der Waals surface area contributed by atoms with Crippen molar-refractivity contribution in [2.45, 2.75) is 12.6 Å². The van der Waals surface area contributed by atoms with Gasteiger partial charge in [-0.3, -0.25) is 19.5 Å². The van der Waals surface area contributed by atoms with Crippen LogP contribution in [0.5, 0.6) is 0 Å². The van der Waals surface area contributed by atoms with E-state index >= 15 is 0 Å². The van der Waals surface area contributed by atoms with Crippen LogP contribution in [0.2, 0.25) is 0 Å². The van der Waals surface area contributed by atoms with Crippen LogP contribution in [0.4, 0.5) is 5.69 Å². The quantitative estimate of drug-likeness (QED) is 0.660. The Morgan fingerprint density at radius 2 is 1.67 bits per heavy atom. The van der Waals surface area contributed by atoms with E-state index in [4.69, 9.17) is 4.74 Å². The smallest absolute Gasteiger partial charge is 0.309 e. The van der Waals surface area contributed by atoms with Gasteiger partial charge >= 0.3 is 11.8 Å². The minimum absolute atomic E-state index is 0.0259. The Kier molecular flexibility index (Phi) is 7.75. The molecule has 2 N–H and O–H groups in total. The molecule has 2 amide bonds. The van der Waals surface area contributed by atoms with Gasteiger partial charge in [-0.1, -0.05) is 12.1 Å². The van der Waals surface area contributed by atoms with E-state index in [1.165, 1.54) is 0 Å². The number of carbonyl (C=O) groups is 2. The van der Waals surface area contributed by atoms with Gasteiger partial charge in [0.15, 0.2) is 0 Å². The lowest BCUT2D eigenvalue weighted by atomic mass is 10.0. The number of hydrogen-bond acceptors (Lipinski definition) is 6. The highest BCUT2D eigenvalue weighted by Crippen LogP contribution is 2.23. The minimum Gasteiger partial charge on any atom is -0.379 e. The Morgan fingerprint density at radius 3 is 2.30 bits per heavy atom. The fraction of sp³-hybridized carbons (Fsp3) is 0.409. The van der Waals surface area contributed by atoms with Gasteiger partial charge in [0.1, 0.15) is 0 Å². The van der Waals surface area contributed by atoms with Gasteiger partial charge in [0.2, 0.25) is 0 Å². The largest absolute Gasteiger partial charge is 0.379 e. The van der Waals surface area contributed by atoms with Crippen LogP contribution in [-0.2, 0) is 20.9 Å². The number of carbonyl (C=O) groups excluding carboxylic acids is 2. The molecule has 8 heteroatoms. The summed E-state index contributed by atoms with van der Waals surface area (Å²) in [6, 6.07) is 11.8. The van der Waals surface area contributed by atoms with Crippen LogP contribution < -0.4 is 15.5 Å². The molecule has 0 saturated carbocycles. The second kappa shape index (κ2) is 10.7. The molecule has 0 bridgehead atoms. The molecule has 8 nitrogen and oxygen atoms in total. The van der Waals surface area contributed by atoms with E-state index < -0.39 is 11.8 Å². The van der Waals surface area contributed by atoms with Crippen molar-refractivity contribution in [3.05, 3.63) is 59.9 Å². The number of pyridine rings is 1. The van der Waals surface area contributed by atoms with Crippen LogP contribution in [0.1, 0.15) is 17.2 Å². The third-order valence-corrected chi connectivity index (χ3v) is 5.15. The number of morpholine rings is 1. The maximum absolute atomic E-state index is 12.3. The van der Waals surface area contributed by atoms with Crippen LogP contribution in [0, 0.1) is 0 Å². The van der Waals surface area contributed by atoms with Gasteiger partial charge < -0.3 is 20.3 Å². The molecule has 1 saturated heterocycles. The first-order valence-electron chi connectivity index (χ1n) is 10.1. The van der Waals surface area contributed by atoms with Crippen molar-refractivity contribution in [2.24, 2.45) is 0 Å². The molecular formula is C22H29N5O3. The van der Waals surface area contributed by atoms with E-state index in [1.54, 1.807) is 24.5 Å². The van der Waals surface area contributed by atoms with Gasteiger partial charge in [0.25, 0.3) is 0 Å². The van der Waals surface area contributed by atoms with Gasteiger partial charge in [0, 0.05) is 58.4 Å². The summed E-state index contributed by atoms with van der Waals surface area (Å²) in [6.07, 6.45) is 3.30. The third-order valence-electron chi connectivity index (χ3n) is 5.15. The van der Waals surface area contributed by atoms with Crippen molar-refractivity contribution >= 4 is 17.5 Å². The second-order valence-corrected chi connectivity index (χ2v) is 7.40. The summed E-state index contributed by atoms with van der Waals surface area (Å²) in [5.74, 6) is -1.28. The summed E-state index contributed by atoms with van der Waals surface area (Å²) >= 11 is 0. The van der Waals surface area contributed by atoms with Gasteiger partial charge in [0.05, 0.1) is 19.3 Å². The Bertz CT molecular complexity index is 820. The maximum atomic E-state index is 12.3. The lowest BCUT2D eigenvalue weighted by molar-refractivity contribution is -0.139. The molecule has 2 aromatic rings. The van der Waals surface area contributed by atoms with Crippen LogP contribution >= 0.6 is 0 Å². The molecule has 2 heterocycles. The van der Waals surface area contributed by atoms with Crippen LogP contribution in [-0.4, -0.2) is 68.6 Å². The molecule has 0 radical (unpaired) electrons. The third kappa shape index (κ3) is 6.01. The fourth-order valence-electron chi connectivity index (χ4n) is 3.37. The first kappa shape index (κ1) is 21.7. The minimum atomic E-state index is -0.643. The number of aromatic nitrogens is 1. The van der Waals surface area contributed by atoms with Gasteiger partial charge in [-0.2, -0.15) is 0 Å². The predicted molar refractivity (Wildman–Crippen MR) is 115 cm³/mol. The molecule has 1 fully saturated rings. The van der Waals surface area contributed by atoms with Crippen molar-refractivity contribution in [1.82, 2.24) is 20.5 Å². The van der Waals surface area contributed by atoms with Crippen LogP contribution in [0.25, 0.3) is 0 Å². The van der Waals surface area contributed by atoms with E-state index in [2.05, 4.69) is 44.8 Å². The maximum Gasteiger partial charge on any atom is 0.309 e. The summed E-state index contributed by atoms with van der Waals surface area (Å²) in [7, 11) is 4.00. The first-order valence-corrected chi connectivity index (χ1v) is 10.1. The van der Waals surface area contributed by atoms with Crippen LogP contribution in [0.3, 0.4) is 0 Å². The molecule has 0 spiro atoms. The van der Waals surface area contributed by atoms with E-state index in [9.17, 15) is 9.59 Å². The number of nitrogens with one attached hydrogen (secondary N) is 2. The van der Waals surface area contributed by atoms with E-state index in [1.807, 2.05) is 19.0 Å². The summed E-state index contributed by atoms with van der Waals surface area (Å²) in [5.41, 5.74) is 3.09.